The molecular formula is C31H27FN2O4S. The molecule has 6 rings (SSSR count). The SMILES string of the molecule is C#Cc1ccc2c(c1)[nH]c1c2c(=O)c2cc(CC(C)C)c(-c3cccc(OS(=O)(=O)F)c3)cc2n1C1CCC1. The highest BCUT2D eigenvalue weighted by molar-refractivity contribution is 7.81. The largest absolute Gasteiger partial charge is 0.488 e. The molecule has 0 radical (unpaired) electrons. The minimum atomic E-state index is -5.16. The van der Waals surface area contributed by atoms with Crippen molar-refractivity contribution in [3.63, 3.8) is 0 Å². The molecule has 6 nitrogen and oxygen atoms in total. The summed E-state index contributed by atoms with van der Waals surface area (Å²) in [5.41, 5.74) is 5.54. The summed E-state index contributed by atoms with van der Waals surface area (Å²) in [6.45, 7) is 4.20. The van der Waals surface area contributed by atoms with Gasteiger partial charge in [0, 0.05) is 27.9 Å². The Morgan fingerprint density at radius 2 is 1.92 bits per heavy atom. The van der Waals surface area contributed by atoms with Crippen molar-refractivity contribution in [3.8, 4) is 29.2 Å². The number of hydrogen-bond donors (Lipinski definition) is 1. The summed E-state index contributed by atoms with van der Waals surface area (Å²) >= 11 is 0. The van der Waals surface area contributed by atoms with Crippen molar-refractivity contribution in [2.75, 3.05) is 0 Å². The summed E-state index contributed by atoms with van der Waals surface area (Å²) in [6, 6.07) is 16.2. The van der Waals surface area contributed by atoms with Gasteiger partial charge in [0.15, 0.2) is 5.43 Å². The Morgan fingerprint density at radius 3 is 2.59 bits per heavy atom. The molecule has 1 saturated carbocycles. The number of pyridine rings is 1. The van der Waals surface area contributed by atoms with E-state index in [-0.39, 0.29) is 17.2 Å². The van der Waals surface area contributed by atoms with Crippen LogP contribution in [-0.2, 0) is 16.9 Å². The minimum Gasteiger partial charge on any atom is -0.358 e. The first kappa shape index (κ1) is 25.2. The molecule has 39 heavy (non-hydrogen) atoms. The van der Waals surface area contributed by atoms with Crippen LogP contribution in [0.2, 0.25) is 0 Å². The zero-order chi connectivity index (χ0) is 27.5. The molecule has 1 aliphatic carbocycles. The van der Waals surface area contributed by atoms with Gasteiger partial charge in [-0.25, -0.2) is 0 Å². The molecule has 0 bridgehead atoms. The predicted octanol–water partition coefficient (Wildman–Crippen LogP) is 6.80. The quantitative estimate of drug-likeness (QED) is 0.189. The third-order valence-corrected chi connectivity index (χ3v) is 7.94. The van der Waals surface area contributed by atoms with Gasteiger partial charge >= 0.3 is 10.5 Å². The lowest BCUT2D eigenvalue weighted by Gasteiger charge is -2.31. The smallest absolute Gasteiger partial charge is 0.358 e. The van der Waals surface area contributed by atoms with Gasteiger partial charge in [-0.15, -0.1) is 6.42 Å². The van der Waals surface area contributed by atoms with Crippen LogP contribution in [-0.4, -0.2) is 18.0 Å². The molecule has 0 unspecified atom stereocenters. The Bertz CT molecular complexity index is 1990. The molecule has 1 aliphatic rings. The highest BCUT2D eigenvalue weighted by atomic mass is 32.3. The molecule has 8 heteroatoms. The van der Waals surface area contributed by atoms with Gasteiger partial charge in [0.05, 0.1) is 10.9 Å². The van der Waals surface area contributed by atoms with Gasteiger partial charge in [0.2, 0.25) is 0 Å². The molecule has 0 amide bonds. The molecule has 0 saturated heterocycles. The van der Waals surface area contributed by atoms with E-state index in [4.69, 9.17) is 6.42 Å². The number of aromatic amines is 1. The van der Waals surface area contributed by atoms with E-state index in [2.05, 4.69) is 33.5 Å². The average molecular weight is 543 g/mol. The number of rotatable bonds is 6. The molecule has 198 valence electrons. The first-order valence-corrected chi connectivity index (χ1v) is 14.3. The maximum atomic E-state index is 14.1. The van der Waals surface area contributed by atoms with Crippen molar-refractivity contribution >= 4 is 43.3 Å². The van der Waals surface area contributed by atoms with Gasteiger partial charge in [-0.2, -0.15) is 8.42 Å². The van der Waals surface area contributed by atoms with E-state index in [0.29, 0.717) is 28.7 Å². The zero-order valence-electron chi connectivity index (χ0n) is 21.6. The van der Waals surface area contributed by atoms with E-state index in [1.165, 1.54) is 12.1 Å². The first-order chi connectivity index (χ1) is 18.6. The number of benzene rings is 3. The van der Waals surface area contributed by atoms with E-state index in [1.807, 2.05) is 36.4 Å². The Labute approximate surface area is 225 Å². The van der Waals surface area contributed by atoms with Crippen LogP contribution < -0.4 is 9.61 Å². The van der Waals surface area contributed by atoms with Crippen LogP contribution in [0.4, 0.5) is 3.89 Å². The van der Waals surface area contributed by atoms with Crippen molar-refractivity contribution in [1.82, 2.24) is 9.55 Å². The van der Waals surface area contributed by atoms with Crippen molar-refractivity contribution in [1.29, 1.82) is 0 Å². The van der Waals surface area contributed by atoms with Crippen LogP contribution in [0.15, 0.2) is 59.4 Å². The normalized spacial score (nSPS) is 14.2. The Morgan fingerprint density at radius 1 is 1.13 bits per heavy atom. The van der Waals surface area contributed by atoms with Crippen molar-refractivity contribution in [2.45, 2.75) is 45.6 Å². The first-order valence-electron chi connectivity index (χ1n) is 13.0. The van der Waals surface area contributed by atoms with Crippen LogP contribution >= 0.6 is 0 Å². The second kappa shape index (κ2) is 9.28. The van der Waals surface area contributed by atoms with E-state index in [1.54, 1.807) is 6.07 Å². The lowest BCUT2D eigenvalue weighted by molar-refractivity contribution is 0.327. The number of terminal acetylenes is 1. The summed E-state index contributed by atoms with van der Waals surface area (Å²) in [5.74, 6) is 2.84. The number of fused-ring (bicyclic) bond motifs is 4. The average Bonchev–Trinajstić information content (AvgIpc) is 3.22. The molecule has 5 aromatic rings. The Balaban J connectivity index is 1.69. The molecule has 0 spiro atoms. The lowest BCUT2D eigenvalue weighted by atomic mass is 9.89. The van der Waals surface area contributed by atoms with Gasteiger partial charge in [-0.05, 0) is 84.7 Å². The van der Waals surface area contributed by atoms with Gasteiger partial charge < -0.3 is 13.7 Å². The molecule has 2 aromatic heterocycles. The van der Waals surface area contributed by atoms with Crippen molar-refractivity contribution < 1.29 is 16.5 Å². The lowest BCUT2D eigenvalue weighted by Crippen LogP contribution is -2.21. The second-order valence-corrected chi connectivity index (χ2v) is 11.6. The number of nitrogens with zero attached hydrogens (tertiary/aromatic N) is 1. The predicted molar refractivity (Wildman–Crippen MR) is 153 cm³/mol. The van der Waals surface area contributed by atoms with Crippen LogP contribution in [0.1, 0.15) is 50.3 Å². The fraction of sp³-hybridized carbons (Fsp3) is 0.258. The van der Waals surface area contributed by atoms with E-state index in [0.717, 1.165) is 58.0 Å². The third-order valence-electron chi connectivity index (χ3n) is 7.55. The molecule has 2 heterocycles. The summed E-state index contributed by atoms with van der Waals surface area (Å²) < 4.78 is 42.3. The molecule has 0 aliphatic heterocycles. The maximum absolute atomic E-state index is 14.1. The number of aromatic nitrogens is 2. The fourth-order valence-electron chi connectivity index (χ4n) is 5.69. The summed E-state index contributed by atoms with van der Waals surface area (Å²) in [5, 5.41) is 2.13. The van der Waals surface area contributed by atoms with E-state index < -0.39 is 10.5 Å². The zero-order valence-corrected chi connectivity index (χ0v) is 22.4. The van der Waals surface area contributed by atoms with Crippen LogP contribution in [0.25, 0.3) is 44.0 Å². The van der Waals surface area contributed by atoms with Crippen molar-refractivity contribution in [2.24, 2.45) is 5.92 Å². The second-order valence-electron chi connectivity index (χ2n) is 10.7. The molecule has 0 atom stereocenters. The molecule has 1 fully saturated rings. The van der Waals surface area contributed by atoms with E-state index in [9.17, 15) is 17.1 Å². The number of nitrogens with one attached hydrogen (secondary N) is 1. The van der Waals surface area contributed by atoms with Crippen LogP contribution in [0.3, 0.4) is 0 Å². The number of hydrogen-bond acceptors (Lipinski definition) is 4. The maximum Gasteiger partial charge on any atom is 0.488 e. The van der Waals surface area contributed by atoms with Crippen LogP contribution in [0, 0.1) is 18.3 Å². The number of halogens is 1. The topological polar surface area (TPSA) is 81.2 Å². The Kier molecular flexibility index (Phi) is 6.00. The summed E-state index contributed by atoms with van der Waals surface area (Å²) in [6.07, 6.45) is 9.43. The molecule has 3 aromatic carbocycles. The third kappa shape index (κ3) is 4.47. The highest BCUT2D eigenvalue weighted by Crippen LogP contribution is 2.40. The number of H-pyrrole nitrogens is 1. The Hall–Kier alpha value is -4.09. The van der Waals surface area contributed by atoms with Crippen LogP contribution in [0.5, 0.6) is 5.75 Å². The molecular weight excluding hydrogens is 515 g/mol. The van der Waals surface area contributed by atoms with Crippen molar-refractivity contribution in [3.05, 3.63) is 75.9 Å². The summed E-state index contributed by atoms with van der Waals surface area (Å²) in [4.78, 5) is 17.6. The highest BCUT2D eigenvalue weighted by Gasteiger charge is 2.26. The summed E-state index contributed by atoms with van der Waals surface area (Å²) in [7, 11) is -5.16. The van der Waals surface area contributed by atoms with Gasteiger partial charge in [0.25, 0.3) is 0 Å². The van der Waals surface area contributed by atoms with Gasteiger partial charge in [0.1, 0.15) is 11.4 Å². The molecule has 1 N–H and O–H groups in total. The van der Waals surface area contributed by atoms with Gasteiger partial charge in [-0.1, -0.05) is 41.9 Å². The van der Waals surface area contributed by atoms with Gasteiger partial charge in [-0.3, -0.25) is 4.79 Å². The monoisotopic (exact) mass is 542 g/mol. The standard InChI is InChI=1S/C31H27FN2O4S/c1-4-19-11-12-24-27(14-19)33-31-29(24)30(35)26-16-21(13-18(2)3)25(17-28(26)34(31)22-8-6-9-22)20-7-5-10-23(15-20)38-39(32,36)37/h1,5,7,10-12,14-18,22,33H,6,8-9,13H2,2-3H3. The minimum absolute atomic E-state index is 0.0487. The fourth-order valence-corrected chi connectivity index (χ4v) is 6.02. The van der Waals surface area contributed by atoms with E-state index >= 15 is 0 Å².